The minimum Gasteiger partial charge on any atom is -0.391 e. The van der Waals surface area contributed by atoms with E-state index in [1.165, 1.54) is 0 Å². The molecule has 1 aromatic rings. The molecule has 0 aliphatic rings. The van der Waals surface area contributed by atoms with Gasteiger partial charge in [0.1, 0.15) is 6.04 Å². The van der Waals surface area contributed by atoms with Crippen molar-refractivity contribution in [1.82, 2.24) is 10.2 Å². The maximum Gasteiger partial charge on any atom is 0.242 e. The first kappa shape index (κ1) is 17.7. The van der Waals surface area contributed by atoms with Gasteiger partial charge in [0.2, 0.25) is 5.91 Å². The Bertz CT molecular complexity index is 416. The summed E-state index contributed by atoms with van der Waals surface area (Å²) in [5.41, 5.74) is 0.984. The molecule has 2 unspecified atom stereocenters. The van der Waals surface area contributed by atoms with Crippen molar-refractivity contribution in [3.63, 3.8) is 0 Å². The van der Waals surface area contributed by atoms with Crippen LogP contribution in [0, 0.1) is 5.92 Å². The Kier molecular flexibility index (Phi) is 7.40. The highest BCUT2D eigenvalue weighted by molar-refractivity contribution is 5.83. The van der Waals surface area contributed by atoms with Gasteiger partial charge in [-0.3, -0.25) is 9.69 Å². The molecule has 4 nitrogen and oxygen atoms in total. The molecular formula is C17H28N2O2. The molecule has 1 amide bonds. The molecule has 4 heteroatoms. The van der Waals surface area contributed by atoms with E-state index in [0.29, 0.717) is 6.54 Å². The summed E-state index contributed by atoms with van der Waals surface area (Å²) in [5, 5.41) is 12.7. The normalized spacial score (nSPS) is 14.2. The molecule has 0 heterocycles. The molecule has 0 aromatic heterocycles. The lowest BCUT2D eigenvalue weighted by molar-refractivity contribution is -0.127. The van der Waals surface area contributed by atoms with Gasteiger partial charge in [0.15, 0.2) is 0 Å². The summed E-state index contributed by atoms with van der Waals surface area (Å²) in [6.45, 7) is 9.88. The first-order valence-corrected chi connectivity index (χ1v) is 7.76. The highest BCUT2D eigenvalue weighted by Gasteiger charge is 2.26. The number of aliphatic hydroxyl groups excluding tert-OH is 1. The standard InChI is InChI=1S/C17H28N2O2/c1-5-19(6-2)16(14-10-8-7-9-11-14)17(21)18-12-15(20)13(3)4/h7-11,13,15-16,20H,5-6,12H2,1-4H3,(H,18,21). The van der Waals surface area contributed by atoms with E-state index >= 15 is 0 Å². The van der Waals surface area contributed by atoms with E-state index in [2.05, 4.69) is 24.1 Å². The van der Waals surface area contributed by atoms with E-state index in [-0.39, 0.29) is 17.9 Å². The lowest BCUT2D eigenvalue weighted by Gasteiger charge is -2.29. The van der Waals surface area contributed by atoms with Crippen LogP contribution in [-0.2, 0) is 4.79 Å². The van der Waals surface area contributed by atoms with E-state index < -0.39 is 6.10 Å². The minimum atomic E-state index is -0.512. The Hall–Kier alpha value is -1.39. The third kappa shape index (κ3) is 5.14. The van der Waals surface area contributed by atoms with Gasteiger partial charge in [-0.2, -0.15) is 0 Å². The van der Waals surface area contributed by atoms with Crippen LogP contribution in [0.1, 0.15) is 39.3 Å². The Morgan fingerprint density at radius 3 is 2.24 bits per heavy atom. The predicted octanol–water partition coefficient (Wildman–Crippen LogP) is 2.20. The van der Waals surface area contributed by atoms with E-state index in [1.54, 1.807) is 0 Å². The van der Waals surface area contributed by atoms with Crippen molar-refractivity contribution >= 4 is 5.91 Å². The third-order valence-corrected chi connectivity index (χ3v) is 3.80. The van der Waals surface area contributed by atoms with Crippen LogP contribution in [0.25, 0.3) is 0 Å². The van der Waals surface area contributed by atoms with Gasteiger partial charge < -0.3 is 10.4 Å². The number of hydrogen-bond acceptors (Lipinski definition) is 3. The number of carbonyl (C=O) groups is 1. The van der Waals surface area contributed by atoms with E-state index in [0.717, 1.165) is 18.7 Å². The average Bonchev–Trinajstić information content (AvgIpc) is 2.50. The van der Waals surface area contributed by atoms with Crippen molar-refractivity contribution in [2.45, 2.75) is 39.8 Å². The molecular weight excluding hydrogens is 264 g/mol. The monoisotopic (exact) mass is 292 g/mol. The first-order chi connectivity index (χ1) is 10.0. The van der Waals surface area contributed by atoms with Crippen molar-refractivity contribution in [2.75, 3.05) is 19.6 Å². The molecule has 0 saturated heterocycles. The Morgan fingerprint density at radius 1 is 1.19 bits per heavy atom. The van der Waals surface area contributed by atoms with Gasteiger partial charge in [0.05, 0.1) is 6.10 Å². The number of rotatable bonds is 8. The predicted molar refractivity (Wildman–Crippen MR) is 86.0 cm³/mol. The van der Waals surface area contributed by atoms with Gasteiger partial charge >= 0.3 is 0 Å². The molecule has 1 aromatic carbocycles. The summed E-state index contributed by atoms with van der Waals surface area (Å²) in [4.78, 5) is 14.7. The second kappa shape index (κ2) is 8.80. The second-order valence-corrected chi connectivity index (χ2v) is 5.59. The quantitative estimate of drug-likeness (QED) is 0.772. The molecule has 2 N–H and O–H groups in total. The van der Waals surface area contributed by atoms with Gasteiger partial charge in [-0.1, -0.05) is 58.0 Å². The number of nitrogens with one attached hydrogen (secondary N) is 1. The second-order valence-electron chi connectivity index (χ2n) is 5.59. The fraction of sp³-hybridized carbons (Fsp3) is 0.588. The van der Waals surface area contributed by atoms with E-state index in [1.807, 2.05) is 44.2 Å². The third-order valence-electron chi connectivity index (χ3n) is 3.80. The Labute approximate surface area is 128 Å². The van der Waals surface area contributed by atoms with E-state index in [4.69, 9.17) is 0 Å². The summed E-state index contributed by atoms with van der Waals surface area (Å²) in [6, 6.07) is 9.48. The number of aliphatic hydroxyl groups is 1. The molecule has 21 heavy (non-hydrogen) atoms. The van der Waals surface area contributed by atoms with Crippen molar-refractivity contribution in [2.24, 2.45) is 5.92 Å². The van der Waals surface area contributed by atoms with Crippen LogP contribution in [0.4, 0.5) is 0 Å². The fourth-order valence-corrected chi connectivity index (χ4v) is 2.29. The van der Waals surface area contributed by atoms with Crippen LogP contribution in [0.3, 0.4) is 0 Å². The number of hydrogen-bond donors (Lipinski definition) is 2. The molecule has 2 atom stereocenters. The number of benzene rings is 1. The lowest BCUT2D eigenvalue weighted by atomic mass is 10.0. The van der Waals surface area contributed by atoms with Crippen LogP contribution < -0.4 is 5.32 Å². The van der Waals surface area contributed by atoms with Crippen molar-refractivity contribution in [3.05, 3.63) is 35.9 Å². The first-order valence-electron chi connectivity index (χ1n) is 7.76. The van der Waals surface area contributed by atoms with Crippen LogP contribution in [0.2, 0.25) is 0 Å². The molecule has 0 bridgehead atoms. The number of carbonyl (C=O) groups excluding carboxylic acids is 1. The molecule has 0 saturated carbocycles. The number of amides is 1. The zero-order chi connectivity index (χ0) is 15.8. The van der Waals surface area contributed by atoms with Crippen molar-refractivity contribution in [1.29, 1.82) is 0 Å². The molecule has 0 radical (unpaired) electrons. The molecule has 0 spiro atoms. The minimum absolute atomic E-state index is 0.0513. The maximum absolute atomic E-state index is 12.6. The SMILES string of the molecule is CCN(CC)C(C(=O)NCC(O)C(C)C)c1ccccc1. The van der Waals surface area contributed by atoms with Gasteiger partial charge in [-0.15, -0.1) is 0 Å². The molecule has 0 aliphatic carbocycles. The summed E-state index contributed by atoms with van der Waals surface area (Å²) in [7, 11) is 0. The van der Waals surface area contributed by atoms with Crippen LogP contribution in [0.5, 0.6) is 0 Å². The van der Waals surface area contributed by atoms with Gasteiger partial charge in [0, 0.05) is 6.54 Å². The number of likely N-dealkylation sites (N-methyl/N-ethyl adjacent to an activating group) is 1. The van der Waals surface area contributed by atoms with Crippen LogP contribution in [0.15, 0.2) is 30.3 Å². The van der Waals surface area contributed by atoms with Crippen LogP contribution in [-0.4, -0.2) is 41.7 Å². The summed E-state index contributed by atoms with van der Waals surface area (Å²) in [6.07, 6.45) is -0.512. The largest absolute Gasteiger partial charge is 0.391 e. The maximum atomic E-state index is 12.6. The smallest absolute Gasteiger partial charge is 0.242 e. The zero-order valence-electron chi connectivity index (χ0n) is 13.5. The summed E-state index contributed by atoms with van der Waals surface area (Å²) in [5.74, 6) is 0.0820. The Morgan fingerprint density at radius 2 is 1.76 bits per heavy atom. The topological polar surface area (TPSA) is 52.6 Å². The summed E-state index contributed by atoms with van der Waals surface area (Å²) < 4.78 is 0. The van der Waals surface area contributed by atoms with Gasteiger partial charge in [-0.05, 0) is 24.6 Å². The molecule has 0 aliphatic heterocycles. The fourth-order valence-electron chi connectivity index (χ4n) is 2.29. The summed E-state index contributed by atoms with van der Waals surface area (Å²) >= 11 is 0. The van der Waals surface area contributed by atoms with E-state index in [9.17, 15) is 9.90 Å². The van der Waals surface area contributed by atoms with Crippen molar-refractivity contribution in [3.8, 4) is 0 Å². The molecule has 1 rings (SSSR count). The van der Waals surface area contributed by atoms with Crippen LogP contribution >= 0.6 is 0 Å². The lowest BCUT2D eigenvalue weighted by Crippen LogP contribution is -2.43. The molecule has 118 valence electrons. The molecule has 0 fully saturated rings. The zero-order valence-corrected chi connectivity index (χ0v) is 13.5. The average molecular weight is 292 g/mol. The van der Waals surface area contributed by atoms with Gasteiger partial charge in [-0.25, -0.2) is 0 Å². The highest BCUT2D eigenvalue weighted by Crippen LogP contribution is 2.20. The number of nitrogens with zero attached hydrogens (tertiary/aromatic N) is 1. The Balaban J connectivity index is 2.84. The highest BCUT2D eigenvalue weighted by atomic mass is 16.3. The van der Waals surface area contributed by atoms with Crippen molar-refractivity contribution < 1.29 is 9.90 Å². The van der Waals surface area contributed by atoms with Gasteiger partial charge in [0.25, 0.3) is 0 Å².